The first kappa shape index (κ1) is 19.0. The molecule has 0 aliphatic heterocycles. The van der Waals surface area contributed by atoms with Crippen molar-refractivity contribution >= 4 is 5.91 Å². The van der Waals surface area contributed by atoms with Crippen LogP contribution in [0.25, 0.3) is 11.4 Å². The van der Waals surface area contributed by atoms with E-state index in [1.54, 1.807) is 19.1 Å². The maximum absolute atomic E-state index is 13.6. The first-order valence-corrected chi connectivity index (χ1v) is 8.01. The van der Waals surface area contributed by atoms with Crippen LogP contribution < -0.4 is 5.32 Å². The average Bonchev–Trinajstić information content (AvgIpc) is 3.05. The average molecular weight is 351 g/mol. The van der Waals surface area contributed by atoms with Gasteiger partial charge in [-0.1, -0.05) is 17.3 Å². The number of nitrogens with one attached hydrogen (secondary N) is 1. The summed E-state index contributed by atoms with van der Waals surface area (Å²) in [5.41, 5.74) is 1.06. The number of amides is 1. The van der Waals surface area contributed by atoms with Crippen LogP contribution in [-0.2, 0) is 16.0 Å². The highest BCUT2D eigenvalue weighted by Crippen LogP contribution is 2.19. The summed E-state index contributed by atoms with van der Waals surface area (Å²) < 4.78 is 23.7. The number of nitrogens with zero attached hydrogens (tertiary/aromatic N) is 2. The molecule has 1 aromatic heterocycles. The molecule has 0 bridgehead atoms. The summed E-state index contributed by atoms with van der Waals surface area (Å²) in [6.07, 6.45) is 0.852. The third-order valence-electron chi connectivity index (χ3n) is 3.67. The van der Waals surface area contributed by atoms with E-state index in [4.69, 9.17) is 14.4 Å². The van der Waals surface area contributed by atoms with Crippen molar-refractivity contribution in [2.75, 3.05) is 20.3 Å². The van der Waals surface area contributed by atoms with E-state index in [0.717, 1.165) is 0 Å². The fourth-order valence-corrected chi connectivity index (χ4v) is 2.28. The second-order valence-electron chi connectivity index (χ2n) is 5.71. The van der Waals surface area contributed by atoms with Crippen LogP contribution in [0.15, 0.2) is 22.7 Å². The largest absolute Gasteiger partial charge is 0.396 e. The summed E-state index contributed by atoms with van der Waals surface area (Å²) in [6, 6.07) is 4.46. The SMILES string of the molecule is COC[C@@H](CCO)NC(=O)CCc1nc(-c2ccc(C)c(F)c2)no1. The van der Waals surface area contributed by atoms with Gasteiger partial charge < -0.3 is 19.7 Å². The molecule has 2 aromatic rings. The van der Waals surface area contributed by atoms with E-state index in [2.05, 4.69) is 15.5 Å². The predicted octanol–water partition coefficient (Wildman–Crippen LogP) is 1.63. The van der Waals surface area contributed by atoms with Gasteiger partial charge in [0.1, 0.15) is 5.82 Å². The Kier molecular flexibility index (Phi) is 7.03. The molecule has 1 heterocycles. The molecule has 8 heteroatoms. The molecule has 136 valence electrons. The minimum Gasteiger partial charge on any atom is -0.396 e. The molecule has 25 heavy (non-hydrogen) atoms. The number of hydrogen-bond donors (Lipinski definition) is 2. The summed E-state index contributed by atoms with van der Waals surface area (Å²) >= 11 is 0. The van der Waals surface area contributed by atoms with E-state index in [1.807, 2.05) is 0 Å². The summed E-state index contributed by atoms with van der Waals surface area (Å²) in [5.74, 6) is 0.0522. The van der Waals surface area contributed by atoms with Crippen molar-refractivity contribution < 1.29 is 23.6 Å². The third-order valence-corrected chi connectivity index (χ3v) is 3.67. The summed E-state index contributed by atoms with van der Waals surface area (Å²) in [5, 5.41) is 15.6. The van der Waals surface area contributed by atoms with Gasteiger partial charge in [-0.25, -0.2) is 4.39 Å². The van der Waals surface area contributed by atoms with Crippen LogP contribution in [-0.4, -0.2) is 47.5 Å². The zero-order valence-electron chi connectivity index (χ0n) is 14.3. The lowest BCUT2D eigenvalue weighted by Crippen LogP contribution is -2.38. The van der Waals surface area contributed by atoms with Gasteiger partial charge in [0.2, 0.25) is 17.6 Å². The number of benzene rings is 1. The Morgan fingerprint density at radius 3 is 2.96 bits per heavy atom. The Labute approximate surface area is 145 Å². The van der Waals surface area contributed by atoms with Crippen molar-refractivity contribution in [2.45, 2.75) is 32.2 Å². The summed E-state index contributed by atoms with van der Waals surface area (Å²) in [4.78, 5) is 16.1. The minimum absolute atomic E-state index is 0.0333. The maximum atomic E-state index is 13.6. The summed E-state index contributed by atoms with van der Waals surface area (Å²) in [7, 11) is 1.53. The molecule has 0 aliphatic carbocycles. The van der Waals surface area contributed by atoms with Crippen LogP contribution in [0.4, 0.5) is 4.39 Å². The van der Waals surface area contributed by atoms with Crippen LogP contribution in [0.2, 0.25) is 0 Å². The van der Waals surface area contributed by atoms with E-state index < -0.39 is 0 Å². The minimum atomic E-state index is -0.337. The zero-order valence-corrected chi connectivity index (χ0v) is 14.3. The number of carbonyl (C=O) groups is 1. The molecule has 2 rings (SSSR count). The normalized spacial score (nSPS) is 12.2. The standard InChI is InChI=1S/C17H22FN3O4/c1-11-3-4-12(9-14(11)18)17-20-16(25-21-17)6-5-15(23)19-13(7-8-22)10-24-2/h3-4,9,13,22H,5-8,10H2,1-2H3,(H,19,23)/t13-/m1/s1. The smallest absolute Gasteiger partial charge is 0.227 e. The molecule has 0 saturated heterocycles. The van der Waals surface area contributed by atoms with Crippen LogP contribution in [0.1, 0.15) is 24.3 Å². The van der Waals surface area contributed by atoms with Gasteiger partial charge in [0, 0.05) is 32.1 Å². The quantitative estimate of drug-likeness (QED) is 0.713. The van der Waals surface area contributed by atoms with Crippen LogP contribution in [0.5, 0.6) is 0 Å². The Balaban J connectivity index is 1.90. The van der Waals surface area contributed by atoms with Crippen molar-refractivity contribution in [2.24, 2.45) is 0 Å². The lowest BCUT2D eigenvalue weighted by molar-refractivity contribution is -0.122. The van der Waals surface area contributed by atoms with E-state index in [1.165, 1.54) is 13.2 Å². The molecular weight excluding hydrogens is 329 g/mol. The number of rotatable bonds is 9. The number of aromatic nitrogens is 2. The highest BCUT2D eigenvalue weighted by atomic mass is 19.1. The third kappa shape index (κ3) is 5.61. The van der Waals surface area contributed by atoms with Crippen molar-refractivity contribution in [3.8, 4) is 11.4 Å². The van der Waals surface area contributed by atoms with E-state index in [9.17, 15) is 9.18 Å². The number of aliphatic hydroxyl groups excluding tert-OH is 1. The Morgan fingerprint density at radius 2 is 2.28 bits per heavy atom. The molecule has 1 aromatic carbocycles. The molecular formula is C17H22FN3O4. The van der Waals surface area contributed by atoms with Gasteiger partial charge in [0.05, 0.1) is 12.6 Å². The van der Waals surface area contributed by atoms with Crippen molar-refractivity contribution in [1.29, 1.82) is 0 Å². The molecule has 0 aliphatic rings. The number of carbonyl (C=O) groups excluding carboxylic acids is 1. The van der Waals surface area contributed by atoms with Crippen LogP contribution in [0.3, 0.4) is 0 Å². The van der Waals surface area contributed by atoms with Gasteiger partial charge in [0.25, 0.3) is 0 Å². The maximum Gasteiger partial charge on any atom is 0.227 e. The molecule has 0 saturated carbocycles. The van der Waals surface area contributed by atoms with Crippen molar-refractivity contribution in [1.82, 2.24) is 15.5 Å². The first-order chi connectivity index (χ1) is 12.0. The second kappa shape index (κ2) is 9.24. The van der Waals surface area contributed by atoms with Crippen LogP contribution >= 0.6 is 0 Å². The van der Waals surface area contributed by atoms with Gasteiger partial charge in [-0.3, -0.25) is 4.79 Å². The van der Waals surface area contributed by atoms with Gasteiger partial charge >= 0.3 is 0 Å². The van der Waals surface area contributed by atoms with Gasteiger partial charge in [0.15, 0.2) is 0 Å². The molecule has 2 N–H and O–H groups in total. The van der Waals surface area contributed by atoms with E-state index in [0.29, 0.717) is 30.0 Å². The molecule has 0 radical (unpaired) electrons. The topological polar surface area (TPSA) is 97.5 Å². The van der Waals surface area contributed by atoms with E-state index in [-0.39, 0.29) is 43.0 Å². The molecule has 1 atom stereocenters. The fraction of sp³-hybridized carbons (Fsp3) is 0.471. The molecule has 7 nitrogen and oxygen atoms in total. The number of methoxy groups -OCH3 is 1. The highest BCUT2D eigenvalue weighted by Gasteiger charge is 2.14. The van der Waals surface area contributed by atoms with Crippen LogP contribution in [0, 0.1) is 12.7 Å². The number of ether oxygens (including phenoxy) is 1. The lowest BCUT2D eigenvalue weighted by atomic mass is 10.1. The molecule has 0 unspecified atom stereocenters. The Bertz CT molecular complexity index is 699. The van der Waals surface area contributed by atoms with E-state index >= 15 is 0 Å². The monoisotopic (exact) mass is 351 g/mol. The number of hydrogen-bond acceptors (Lipinski definition) is 6. The Hall–Kier alpha value is -2.32. The molecule has 0 spiro atoms. The molecule has 0 fully saturated rings. The lowest BCUT2D eigenvalue weighted by Gasteiger charge is -2.16. The number of aryl methyl sites for hydroxylation is 2. The van der Waals surface area contributed by atoms with Gasteiger partial charge in [-0.15, -0.1) is 0 Å². The Morgan fingerprint density at radius 1 is 1.48 bits per heavy atom. The zero-order chi connectivity index (χ0) is 18.2. The fourth-order valence-electron chi connectivity index (χ4n) is 2.28. The molecule has 1 amide bonds. The first-order valence-electron chi connectivity index (χ1n) is 8.01. The van der Waals surface area contributed by atoms with Gasteiger partial charge in [-0.2, -0.15) is 4.98 Å². The predicted molar refractivity (Wildman–Crippen MR) is 88.3 cm³/mol. The number of aliphatic hydroxyl groups is 1. The van der Waals surface area contributed by atoms with Crippen molar-refractivity contribution in [3.05, 3.63) is 35.5 Å². The second-order valence-corrected chi connectivity index (χ2v) is 5.71. The summed E-state index contributed by atoms with van der Waals surface area (Å²) in [6.45, 7) is 1.97. The van der Waals surface area contributed by atoms with Gasteiger partial charge in [-0.05, 0) is 25.0 Å². The highest BCUT2D eigenvalue weighted by molar-refractivity contribution is 5.76. The number of halogens is 1. The van der Waals surface area contributed by atoms with Crippen molar-refractivity contribution in [3.63, 3.8) is 0 Å².